The lowest BCUT2D eigenvalue weighted by molar-refractivity contribution is -0.122. The fraction of sp³-hybridized carbons (Fsp3) is 0.500. The zero-order valence-corrected chi connectivity index (χ0v) is 21.9. The Labute approximate surface area is 223 Å². The Balaban J connectivity index is 1.38. The van der Waals surface area contributed by atoms with E-state index in [9.17, 15) is 9.59 Å². The minimum absolute atomic E-state index is 0.0311. The molecule has 0 fully saturated rings. The van der Waals surface area contributed by atoms with Crippen molar-refractivity contribution in [1.29, 1.82) is 0 Å². The number of Topliss-reactive ketones (excluding diaryl/α,β-unsaturated/α-hetero) is 1. The number of aryl methyl sites for hydroxylation is 2. The molecule has 1 aliphatic rings. The second kappa shape index (κ2) is 14.3. The SMILES string of the molecule is N[C@H]1CCCCCc2nc(ncc2C(=O)CCc2ccc(-n3cccn3)nc2)NCCCCCCNC1=O. The van der Waals surface area contributed by atoms with Gasteiger partial charge in [0.25, 0.3) is 0 Å². The molecule has 1 atom stereocenters. The Hall–Kier alpha value is -3.66. The maximum atomic E-state index is 13.2. The molecule has 0 aliphatic carbocycles. The number of rotatable bonds is 5. The van der Waals surface area contributed by atoms with Crippen LogP contribution in [0.3, 0.4) is 0 Å². The molecular formula is C28H38N8O2. The van der Waals surface area contributed by atoms with Crippen molar-refractivity contribution >= 4 is 17.6 Å². The number of ketones is 1. The number of carbonyl (C=O) groups is 2. The molecule has 0 aromatic carbocycles. The van der Waals surface area contributed by atoms with Gasteiger partial charge in [0.05, 0.1) is 17.3 Å². The Morgan fingerprint density at radius 2 is 1.82 bits per heavy atom. The van der Waals surface area contributed by atoms with Crippen LogP contribution in [0.4, 0.5) is 5.95 Å². The van der Waals surface area contributed by atoms with E-state index in [1.807, 2.05) is 24.4 Å². The van der Waals surface area contributed by atoms with Gasteiger partial charge in [0, 0.05) is 44.3 Å². The quantitative estimate of drug-likeness (QED) is 0.437. The molecule has 38 heavy (non-hydrogen) atoms. The lowest BCUT2D eigenvalue weighted by atomic mass is 10.00. The Kier molecular flexibility index (Phi) is 10.3. The second-order valence-corrected chi connectivity index (χ2v) is 9.79. The van der Waals surface area contributed by atoms with E-state index in [-0.39, 0.29) is 11.7 Å². The molecule has 10 nitrogen and oxygen atoms in total. The number of hydrogen-bond donors (Lipinski definition) is 3. The molecule has 4 heterocycles. The van der Waals surface area contributed by atoms with Gasteiger partial charge in [-0.15, -0.1) is 0 Å². The molecule has 0 spiro atoms. The number of hydrogen-bond acceptors (Lipinski definition) is 8. The van der Waals surface area contributed by atoms with Crippen LogP contribution in [0.5, 0.6) is 0 Å². The van der Waals surface area contributed by atoms with Crippen LogP contribution in [-0.2, 0) is 17.6 Å². The van der Waals surface area contributed by atoms with Crippen molar-refractivity contribution < 1.29 is 9.59 Å². The monoisotopic (exact) mass is 518 g/mol. The number of nitrogens with zero attached hydrogens (tertiary/aromatic N) is 5. The lowest BCUT2D eigenvalue weighted by Gasteiger charge is -2.14. The molecule has 10 heteroatoms. The van der Waals surface area contributed by atoms with Crippen molar-refractivity contribution in [2.75, 3.05) is 18.4 Å². The largest absolute Gasteiger partial charge is 0.355 e. The van der Waals surface area contributed by atoms with Crippen LogP contribution in [0, 0.1) is 0 Å². The van der Waals surface area contributed by atoms with Crippen molar-refractivity contribution in [3.8, 4) is 5.82 Å². The molecule has 1 amide bonds. The van der Waals surface area contributed by atoms with Crippen LogP contribution in [0.25, 0.3) is 5.82 Å². The smallest absolute Gasteiger partial charge is 0.236 e. The van der Waals surface area contributed by atoms with Gasteiger partial charge in [-0.2, -0.15) is 5.10 Å². The van der Waals surface area contributed by atoms with Crippen LogP contribution >= 0.6 is 0 Å². The van der Waals surface area contributed by atoms with Crippen molar-refractivity contribution in [3.05, 3.63) is 59.8 Å². The molecule has 1 aliphatic heterocycles. The predicted octanol–water partition coefficient (Wildman–Crippen LogP) is 3.41. The van der Waals surface area contributed by atoms with Crippen LogP contribution < -0.4 is 16.4 Å². The van der Waals surface area contributed by atoms with Crippen molar-refractivity contribution in [1.82, 2.24) is 30.0 Å². The number of carbonyl (C=O) groups excluding carboxylic acids is 2. The molecule has 3 aromatic rings. The first-order valence-electron chi connectivity index (χ1n) is 13.7. The third-order valence-electron chi connectivity index (χ3n) is 6.81. The third kappa shape index (κ3) is 8.17. The van der Waals surface area contributed by atoms with Gasteiger partial charge in [0.15, 0.2) is 11.6 Å². The van der Waals surface area contributed by atoms with Gasteiger partial charge >= 0.3 is 0 Å². The zero-order valence-electron chi connectivity index (χ0n) is 21.9. The van der Waals surface area contributed by atoms with Gasteiger partial charge in [-0.3, -0.25) is 9.59 Å². The maximum Gasteiger partial charge on any atom is 0.236 e. The van der Waals surface area contributed by atoms with Crippen molar-refractivity contribution in [3.63, 3.8) is 0 Å². The number of aromatic nitrogens is 5. The van der Waals surface area contributed by atoms with Crippen LogP contribution in [0.15, 0.2) is 43.0 Å². The van der Waals surface area contributed by atoms with E-state index in [0.717, 1.165) is 68.6 Å². The molecule has 0 unspecified atom stereocenters. The number of nitrogens with two attached hydrogens (primary N) is 1. The Morgan fingerprint density at radius 3 is 2.58 bits per heavy atom. The highest BCUT2D eigenvalue weighted by Gasteiger charge is 2.16. The van der Waals surface area contributed by atoms with Crippen LogP contribution in [-0.4, -0.2) is 55.6 Å². The predicted molar refractivity (Wildman–Crippen MR) is 146 cm³/mol. The van der Waals surface area contributed by atoms with E-state index in [1.165, 1.54) is 0 Å². The minimum Gasteiger partial charge on any atom is -0.355 e. The first-order chi connectivity index (χ1) is 18.6. The van der Waals surface area contributed by atoms with Crippen molar-refractivity contribution in [2.24, 2.45) is 5.73 Å². The zero-order chi connectivity index (χ0) is 26.6. The molecule has 2 bridgehead atoms. The summed E-state index contributed by atoms with van der Waals surface area (Å²) in [4.78, 5) is 39.0. The summed E-state index contributed by atoms with van der Waals surface area (Å²) in [5.41, 5.74) is 8.42. The number of amides is 1. The second-order valence-electron chi connectivity index (χ2n) is 9.79. The molecule has 0 radical (unpaired) electrons. The van der Waals surface area contributed by atoms with Crippen LogP contribution in [0.1, 0.15) is 79.4 Å². The standard InChI is InChI=1S/C28H38N8O2/c29-23-9-4-3-5-10-24-22(20-33-28(35-24)31-16-7-2-1-6-15-30-27(23)38)25(37)13-11-21-12-14-26(32-19-21)36-18-8-17-34-36/h8,12,14,17-20,23H,1-7,9-11,13,15-16,29H2,(H,30,38)(H,31,33,35)/t23-/m0/s1. The third-order valence-corrected chi connectivity index (χ3v) is 6.81. The van der Waals surface area contributed by atoms with E-state index >= 15 is 0 Å². The highest BCUT2D eigenvalue weighted by atomic mass is 16.2. The average Bonchev–Trinajstić information content (AvgIpc) is 3.48. The molecule has 0 saturated heterocycles. The minimum atomic E-state index is -0.469. The molecular weight excluding hydrogens is 480 g/mol. The van der Waals surface area contributed by atoms with Gasteiger partial charge in [0.2, 0.25) is 11.9 Å². The van der Waals surface area contributed by atoms with Gasteiger partial charge in [-0.1, -0.05) is 31.7 Å². The summed E-state index contributed by atoms with van der Waals surface area (Å²) in [7, 11) is 0. The summed E-state index contributed by atoms with van der Waals surface area (Å²) in [5.74, 6) is 1.28. The maximum absolute atomic E-state index is 13.2. The number of anilines is 1. The highest BCUT2D eigenvalue weighted by molar-refractivity contribution is 5.97. The van der Waals surface area contributed by atoms with E-state index in [0.29, 0.717) is 43.7 Å². The summed E-state index contributed by atoms with van der Waals surface area (Å²) < 4.78 is 1.70. The number of pyridine rings is 1. The molecule has 4 N–H and O–H groups in total. The Morgan fingerprint density at radius 1 is 1.00 bits per heavy atom. The number of fused-ring (bicyclic) bond motifs is 2. The summed E-state index contributed by atoms with van der Waals surface area (Å²) in [6.45, 7) is 1.44. The first kappa shape index (κ1) is 27.4. The fourth-order valence-electron chi connectivity index (χ4n) is 4.53. The highest BCUT2D eigenvalue weighted by Crippen LogP contribution is 2.17. The average molecular weight is 519 g/mol. The van der Waals surface area contributed by atoms with Gasteiger partial charge < -0.3 is 16.4 Å². The van der Waals surface area contributed by atoms with E-state index in [2.05, 4.69) is 25.7 Å². The molecule has 4 rings (SSSR count). The summed E-state index contributed by atoms with van der Waals surface area (Å²) in [5, 5.41) is 10.4. The van der Waals surface area contributed by atoms with Crippen molar-refractivity contribution in [2.45, 2.75) is 76.7 Å². The van der Waals surface area contributed by atoms with E-state index < -0.39 is 6.04 Å². The Bertz CT molecular complexity index is 1160. The summed E-state index contributed by atoms with van der Waals surface area (Å²) in [6.07, 6.45) is 16.0. The number of nitrogens with one attached hydrogen (secondary N) is 2. The molecule has 3 aromatic heterocycles. The van der Waals surface area contributed by atoms with Gasteiger partial charge in [-0.25, -0.2) is 19.6 Å². The normalized spacial score (nSPS) is 18.0. The van der Waals surface area contributed by atoms with E-state index in [1.54, 1.807) is 23.3 Å². The summed E-state index contributed by atoms with van der Waals surface area (Å²) >= 11 is 0. The fourth-order valence-corrected chi connectivity index (χ4v) is 4.53. The van der Waals surface area contributed by atoms with Gasteiger partial charge in [0.1, 0.15) is 0 Å². The first-order valence-corrected chi connectivity index (χ1v) is 13.7. The topological polar surface area (TPSA) is 141 Å². The van der Waals surface area contributed by atoms with Gasteiger partial charge in [-0.05, 0) is 56.2 Å². The van der Waals surface area contributed by atoms with E-state index in [4.69, 9.17) is 10.7 Å². The van der Waals surface area contributed by atoms with Crippen LogP contribution in [0.2, 0.25) is 0 Å². The summed E-state index contributed by atoms with van der Waals surface area (Å²) in [6, 6.07) is 5.26. The molecule has 0 saturated carbocycles. The lowest BCUT2D eigenvalue weighted by Crippen LogP contribution is -2.40. The molecule has 202 valence electrons.